The van der Waals surface area contributed by atoms with Crippen LogP contribution in [0.25, 0.3) is 0 Å². The Morgan fingerprint density at radius 3 is 2.81 bits per heavy atom. The van der Waals surface area contributed by atoms with Crippen LogP contribution in [0.5, 0.6) is 5.75 Å². The number of amides is 3. The van der Waals surface area contributed by atoms with Crippen LogP contribution in [0.15, 0.2) is 22.7 Å². The zero-order valence-corrected chi connectivity index (χ0v) is 22.5. The Bertz CT molecular complexity index is 1070. The van der Waals surface area contributed by atoms with Crippen molar-refractivity contribution >= 4 is 29.3 Å². The number of ether oxygens (including phenoxy) is 1. The lowest BCUT2D eigenvalue weighted by Crippen LogP contribution is -2.46. The van der Waals surface area contributed by atoms with E-state index in [1.165, 1.54) is 0 Å². The zero-order chi connectivity index (χ0) is 26.8. The van der Waals surface area contributed by atoms with E-state index in [1.54, 1.807) is 23.1 Å². The smallest absolute Gasteiger partial charge is 0.255 e. The maximum atomic E-state index is 13.0. The number of hydrogen-bond acceptors (Lipinski definition) is 7. The number of carbonyl (C=O) groups is 3. The minimum atomic E-state index is -0.299. The molecule has 1 atom stereocenters. The van der Waals surface area contributed by atoms with E-state index in [0.29, 0.717) is 79.2 Å². The molecule has 0 fully saturated rings. The van der Waals surface area contributed by atoms with Gasteiger partial charge in [-0.2, -0.15) is 4.98 Å². The SMILES string of the molecule is CCc1noc(CCC(=O)N2CCCCNC(=O)c3cc(Cl)ccc3OC[C@H](CC(C)C)NC(=O)C2)n1. The molecule has 0 unspecified atom stereocenters. The lowest BCUT2D eigenvalue weighted by atomic mass is 10.0. The summed E-state index contributed by atoms with van der Waals surface area (Å²) >= 11 is 6.13. The second kappa shape index (κ2) is 14.0. The van der Waals surface area contributed by atoms with Crippen molar-refractivity contribution in [3.05, 3.63) is 40.5 Å². The molecule has 1 aliphatic heterocycles. The molecule has 2 heterocycles. The molecule has 0 spiro atoms. The molecule has 0 bridgehead atoms. The van der Waals surface area contributed by atoms with E-state index in [4.69, 9.17) is 20.9 Å². The highest BCUT2D eigenvalue weighted by molar-refractivity contribution is 6.31. The minimum absolute atomic E-state index is 0.0595. The second-order valence-electron chi connectivity index (χ2n) is 9.58. The molecule has 0 saturated carbocycles. The predicted octanol–water partition coefficient (Wildman–Crippen LogP) is 3.18. The molecule has 3 rings (SSSR count). The van der Waals surface area contributed by atoms with Gasteiger partial charge >= 0.3 is 0 Å². The van der Waals surface area contributed by atoms with Gasteiger partial charge in [-0.25, -0.2) is 0 Å². The summed E-state index contributed by atoms with van der Waals surface area (Å²) < 4.78 is 11.2. The zero-order valence-electron chi connectivity index (χ0n) is 21.7. The van der Waals surface area contributed by atoms with Crippen LogP contribution in [-0.4, -0.2) is 65.0 Å². The first-order chi connectivity index (χ1) is 17.7. The van der Waals surface area contributed by atoms with E-state index in [1.807, 2.05) is 6.92 Å². The number of nitrogens with one attached hydrogen (secondary N) is 2. The van der Waals surface area contributed by atoms with Crippen molar-refractivity contribution in [1.29, 1.82) is 0 Å². The third kappa shape index (κ3) is 9.03. The summed E-state index contributed by atoms with van der Waals surface area (Å²) in [6.45, 7) is 6.96. The average molecular weight is 534 g/mol. The molecule has 202 valence electrons. The van der Waals surface area contributed by atoms with Gasteiger partial charge < -0.3 is 24.8 Å². The van der Waals surface area contributed by atoms with Crippen molar-refractivity contribution in [3.63, 3.8) is 0 Å². The highest BCUT2D eigenvalue weighted by atomic mass is 35.5. The molecule has 10 nitrogen and oxygen atoms in total. The predicted molar refractivity (Wildman–Crippen MR) is 138 cm³/mol. The largest absolute Gasteiger partial charge is 0.491 e. The fraction of sp³-hybridized carbons (Fsp3) is 0.577. The summed E-state index contributed by atoms with van der Waals surface area (Å²) in [5.74, 6) is 1.00. The van der Waals surface area contributed by atoms with Crippen molar-refractivity contribution in [2.24, 2.45) is 5.92 Å². The molecule has 37 heavy (non-hydrogen) atoms. The molecule has 0 aliphatic carbocycles. The minimum Gasteiger partial charge on any atom is -0.491 e. The number of benzene rings is 1. The number of fused-ring (bicyclic) bond motifs is 1. The summed E-state index contributed by atoms with van der Waals surface area (Å²) in [5, 5.41) is 10.2. The molecular weight excluding hydrogens is 498 g/mol. The molecule has 0 radical (unpaired) electrons. The monoisotopic (exact) mass is 533 g/mol. The van der Waals surface area contributed by atoms with Crippen LogP contribution in [-0.2, 0) is 22.4 Å². The van der Waals surface area contributed by atoms with Crippen molar-refractivity contribution in [2.75, 3.05) is 26.2 Å². The van der Waals surface area contributed by atoms with Crippen LogP contribution < -0.4 is 15.4 Å². The Morgan fingerprint density at radius 1 is 1.27 bits per heavy atom. The van der Waals surface area contributed by atoms with E-state index >= 15 is 0 Å². The van der Waals surface area contributed by atoms with Crippen molar-refractivity contribution < 1.29 is 23.6 Å². The quantitative estimate of drug-likeness (QED) is 0.583. The first kappa shape index (κ1) is 28.4. The van der Waals surface area contributed by atoms with Crippen LogP contribution in [0.1, 0.15) is 68.5 Å². The molecule has 11 heteroatoms. The van der Waals surface area contributed by atoms with Gasteiger partial charge in [0.15, 0.2) is 5.82 Å². The van der Waals surface area contributed by atoms with E-state index in [-0.39, 0.29) is 43.3 Å². The van der Waals surface area contributed by atoms with Crippen LogP contribution in [0.3, 0.4) is 0 Å². The maximum absolute atomic E-state index is 13.0. The lowest BCUT2D eigenvalue weighted by Gasteiger charge is -2.25. The second-order valence-corrected chi connectivity index (χ2v) is 10.0. The average Bonchev–Trinajstić information content (AvgIpc) is 3.32. The molecule has 0 saturated heterocycles. The topological polar surface area (TPSA) is 127 Å². The molecule has 2 N–H and O–H groups in total. The molecule has 1 aromatic carbocycles. The summed E-state index contributed by atoms with van der Waals surface area (Å²) in [4.78, 5) is 44.7. The summed E-state index contributed by atoms with van der Waals surface area (Å²) in [6, 6.07) is 4.61. The Balaban J connectivity index is 1.72. The first-order valence-electron chi connectivity index (χ1n) is 12.8. The number of aromatic nitrogens is 2. The number of halogens is 1. The van der Waals surface area contributed by atoms with Crippen LogP contribution >= 0.6 is 11.6 Å². The van der Waals surface area contributed by atoms with Crippen LogP contribution in [0.4, 0.5) is 0 Å². The van der Waals surface area contributed by atoms with E-state index < -0.39 is 0 Å². The first-order valence-corrected chi connectivity index (χ1v) is 13.2. The molecule has 3 amide bonds. The van der Waals surface area contributed by atoms with E-state index in [9.17, 15) is 14.4 Å². The summed E-state index contributed by atoms with van der Waals surface area (Å²) in [6.07, 6.45) is 3.04. The third-order valence-electron chi connectivity index (χ3n) is 5.95. The maximum Gasteiger partial charge on any atom is 0.255 e. The van der Waals surface area contributed by atoms with Crippen LogP contribution in [0.2, 0.25) is 5.02 Å². The van der Waals surface area contributed by atoms with Crippen molar-refractivity contribution in [1.82, 2.24) is 25.7 Å². The lowest BCUT2D eigenvalue weighted by molar-refractivity contribution is -0.136. The van der Waals surface area contributed by atoms with Gasteiger partial charge in [0, 0.05) is 37.4 Å². The normalized spacial score (nSPS) is 17.8. The van der Waals surface area contributed by atoms with Gasteiger partial charge in [0.05, 0.1) is 18.2 Å². The van der Waals surface area contributed by atoms with Gasteiger partial charge in [-0.1, -0.05) is 37.5 Å². The fourth-order valence-corrected chi connectivity index (χ4v) is 4.28. The Kier molecular flexibility index (Phi) is 10.7. The molecule has 2 aromatic rings. The number of aryl methyl sites for hydroxylation is 2. The number of rotatable bonds is 6. The Labute approximate surface area is 222 Å². The van der Waals surface area contributed by atoms with Gasteiger partial charge in [0.1, 0.15) is 12.4 Å². The van der Waals surface area contributed by atoms with Gasteiger partial charge in [-0.3, -0.25) is 14.4 Å². The van der Waals surface area contributed by atoms with Gasteiger partial charge in [-0.05, 0) is 43.4 Å². The highest BCUT2D eigenvalue weighted by Crippen LogP contribution is 2.24. The van der Waals surface area contributed by atoms with Crippen molar-refractivity contribution in [3.8, 4) is 5.75 Å². The molecule has 1 aromatic heterocycles. The molecular formula is C26H36ClN5O5. The Hall–Kier alpha value is -3.14. The van der Waals surface area contributed by atoms with E-state index in [0.717, 1.165) is 0 Å². The fourth-order valence-electron chi connectivity index (χ4n) is 4.10. The number of hydrogen-bond donors (Lipinski definition) is 2. The van der Waals surface area contributed by atoms with Crippen molar-refractivity contribution in [2.45, 2.75) is 65.3 Å². The Morgan fingerprint density at radius 2 is 2.08 bits per heavy atom. The number of carbonyl (C=O) groups excluding carboxylic acids is 3. The van der Waals surface area contributed by atoms with Crippen LogP contribution in [0, 0.1) is 5.92 Å². The summed E-state index contributed by atoms with van der Waals surface area (Å²) in [5.41, 5.74) is 0.348. The van der Waals surface area contributed by atoms with Gasteiger partial charge in [0.25, 0.3) is 5.91 Å². The highest BCUT2D eigenvalue weighted by Gasteiger charge is 2.22. The third-order valence-corrected chi connectivity index (χ3v) is 6.19. The standard InChI is InChI=1S/C26H36ClN5O5/c1-4-22-30-24(37-31-22)9-10-25(34)32-12-6-5-11-28-26(35)20-14-18(27)7-8-21(20)36-16-19(13-17(2)3)29-23(33)15-32/h7-8,14,17,19H,4-6,9-13,15-16H2,1-3H3,(H,28,35)(H,29,33)/t19-/m0/s1. The van der Waals surface area contributed by atoms with E-state index in [2.05, 4.69) is 34.6 Å². The van der Waals surface area contributed by atoms with Gasteiger partial charge in [0.2, 0.25) is 17.7 Å². The number of nitrogens with zero attached hydrogens (tertiary/aromatic N) is 3. The van der Waals surface area contributed by atoms with Gasteiger partial charge in [-0.15, -0.1) is 0 Å². The molecule has 1 aliphatic rings. The summed E-state index contributed by atoms with van der Waals surface area (Å²) in [7, 11) is 0.